The van der Waals surface area contributed by atoms with Gasteiger partial charge in [0.15, 0.2) is 5.58 Å². The largest absolute Gasteiger partial charge is 0.435 e. The summed E-state index contributed by atoms with van der Waals surface area (Å²) >= 11 is 0. The molecule has 0 spiro atoms. The standard InChI is InChI=1S/C17H14N4O/c1-11-10-15(21(2)20-11)12-7-5-8-14(18-12)17-19-13-6-3-4-9-16(13)22-17/h3-10H,1-2H3. The van der Waals surface area contributed by atoms with Crippen LogP contribution in [-0.2, 0) is 7.05 Å². The number of fused-ring (bicyclic) bond motifs is 1. The molecular formula is C17H14N4O. The molecule has 0 amide bonds. The number of rotatable bonds is 2. The summed E-state index contributed by atoms with van der Waals surface area (Å²) in [6.45, 7) is 1.97. The SMILES string of the molecule is Cc1cc(-c2cccc(-c3nc4ccccc4o3)n2)n(C)n1. The first-order chi connectivity index (χ1) is 10.7. The van der Waals surface area contributed by atoms with Gasteiger partial charge in [0.05, 0.1) is 17.1 Å². The molecule has 5 nitrogen and oxygen atoms in total. The zero-order valence-corrected chi connectivity index (χ0v) is 12.3. The molecule has 0 fully saturated rings. The van der Waals surface area contributed by atoms with Crippen molar-refractivity contribution in [2.45, 2.75) is 6.92 Å². The summed E-state index contributed by atoms with van der Waals surface area (Å²) in [5.74, 6) is 0.530. The molecule has 0 aliphatic carbocycles. The number of pyridine rings is 1. The summed E-state index contributed by atoms with van der Waals surface area (Å²) in [7, 11) is 1.91. The van der Waals surface area contributed by atoms with Crippen LogP contribution in [0.25, 0.3) is 34.1 Å². The van der Waals surface area contributed by atoms with E-state index in [-0.39, 0.29) is 0 Å². The highest BCUT2D eigenvalue weighted by atomic mass is 16.3. The second-order valence-electron chi connectivity index (χ2n) is 5.19. The molecule has 0 saturated carbocycles. The minimum absolute atomic E-state index is 0.530. The van der Waals surface area contributed by atoms with Crippen molar-refractivity contribution in [1.29, 1.82) is 0 Å². The molecule has 22 heavy (non-hydrogen) atoms. The topological polar surface area (TPSA) is 56.7 Å². The molecule has 0 unspecified atom stereocenters. The van der Waals surface area contributed by atoms with Crippen LogP contribution in [0.5, 0.6) is 0 Å². The van der Waals surface area contributed by atoms with Gasteiger partial charge in [-0.05, 0) is 37.3 Å². The molecule has 1 aromatic carbocycles. The zero-order chi connectivity index (χ0) is 15.1. The molecule has 0 N–H and O–H groups in total. The van der Waals surface area contributed by atoms with Gasteiger partial charge < -0.3 is 4.42 Å². The number of hydrogen-bond acceptors (Lipinski definition) is 4. The zero-order valence-electron chi connectivity index (χ0n) is 12.3. The minimum atomic E-state index is 0.530. The third-order valence-corrected chi connectivity index (χ3v) is 3.53. The molecule has 4 rings (SSSR count). The Hall–Kier alpha value is -2.95. The lowest BCUT2D eigenvalue weighted by molar-refractivity contribution is 0.617. The van der Waals surface area contributed by atoms with Gasteiger partial charge in [-0.25, -0.2) is 9.97 Å². The van der Waals surface area contributed by atoms with Gasteiger partial charge in [0.1, 0.15) is 11.2 Å². The van der Waals surface area contributed by atoms with E-state index in [2.05, 4.69) is 15.1 Å². The van der Waals surface area contributed by atoms with Crippen molar-refractivity contribution in [3.05, 3.63) is 54.2 Å². The predicted molar refractivity (Wildman–Crippen MR) is 84.2 cm³/mol. The third kappa shape index (κ3) is 2.07. The molecule has 5 heteroatoms. The van der Waals surface area contributed by atoms with Gasteiger partial charge in [-0.15, -0.1) is 0 Å². The van der Waals surface area contributed by atoms with Gasteiger partial charge in [-0.2, -0.15) is 5.10 Å². The first-order valence-corrected chi connectivity index (χ1v) is 7.05. The lowest BCUT2D eigenvalue weighted by Gasteiger charge is -2.02. The van der Waals surface area contributed by atoms with Crippen molar-refractivity contribution >= 4 is 11.1 Å². The van der Waals surface area contributed by atoms with E-state index in [1.165, 1.54) is 0 Å². The molecule has 0 aliphatic heterocycles. The normalized spacial score (nSPS) is 11.2. The lowest BCUT2D eigenvalue weighted by Crippen LogP contribution is -1.96. The van der Waals surface area contributed by atoms with Crippen molar-refractivity contribution in [2.24, 2.45) is 7.05 Å². The van der Waals surface area contributed by atoms with Crippen LogP contribution in [0.3, 0.4) is 0 Å². The summed E-state index contributed by atoms with van der Waals surface area (Å²) in [5, 5.41) is 4.36. The lowest BCUT2D eigenvalue weighted by atomic mass is 10.2. The maximum atomic E-state index is 5.78. The van der Waals surface area contributed by atoms with E-state index >= 15 is 0 Å². The van der Waals surface area contributed by atoms with Gasteiger partial charge in [-0.1, -0.05) is 18.2 Å². The maximum Gasteiger partial charge on any atom is 0.246 e. The first-order valence-electron chi connectivity index (χ1n) is 7.05. The second-order valence-corrected chi connectivity index (χ2v) is 5.19. The second kappa shape index (κ2) is 4.80. The molecule has 0 atom stereocenters. The molecule has 108 valence electrons. The Morgan fingerprint density at radius 1 is 0.955 bits per heavy atom. The predicted octanol–water partition coefficient (Wildman–Crippen LogP) is 3.60. The smallest absolute Gasteiger partial charge is 0.246 e. The van der Waals surface area contributed by atoms with Crippen molar-refractivity contribution in [3.8, 4) is 23.0 Å². The Bertz CT molecular complexity index is 935. The summed E-state index contributed by atoms with van der Waals surface area (Å²) in [6.07, 6.45) is 0. The summed E-state index contributed by atoms with van der Waals surface area (Å²) in [6, 6.07) is 15.5. The number of benzene rings is 1. The van der Waals surface area contributed by atoms with Gasteiger partial charge in [0.25, 0.3) is 0 Å². The average molecular weight is 290 g/mol. The van der Waals surface area contributed by atoms with Gasteiger partial charge >= 0.3 is 0 Å². The highest BCUT2D eigenvalue weighted by Gasteiger charge is 2.12. The summed E-state index contributed by atoms with van der Waals surface area (Å²) < 4.78 is 7.61. The van der Waals surface area contributed by atoms with Crippen molar-refractivity contribution in [3.63, 3.8) is 0 Å². The fraction of sp³-hybridized carbons (Fsp3) is 0.118. The number of para-hydroxylation sites is 2. The van der Waals surface area contributed by atoms with Crippen LogP contribution >= 0.6 is 0 Å². The Kier molecular flexibility index (Phi) is 2.79. The fourth-order valence-corrected chi connectivity index (χ4v) is 2.53. The Balaban J connectivity index is 1.83. The van der Waals surface area contributed by atoms with Crippen LogP contribution < -0.4 is 0 Å². The number of nitrogens with zero attached hydrogens (tertiary/aromatic N) is 4. The van der Waals surface area contributed by atoms with Gasteiger partial charge in [-0.3, -0.25) is 4.68 Å². The minimum Gasteiger partial charge on any atom is -0.435 e. The Labute approximate surface area is 127 Å². The monoisotopic (exact) mass is 290 g/mol. The van der Waals surface area contributed by atoms with Crippen LogP contribution in [-0.4, -0.2) is 19.7 Å². The van der Waals surface area contributed by atoms with Crippen molar-refractivity contribution in [1.82, 2.24) is 19.7 Å². The quantitative estimate of drug-likeness (QED) is 0.566. The van der Waals surface area contributed by atoms with Gasteiger partial charge in [0, 0.05) is 7.05 Å². The molecule has 0 radical (unpaired) electrons. The molecule has 4 aromatic rings. The summed E-state index contributed by atoms with van der Waals surface area (Å²) in [5.41, 5.74) is 5.10. The number of hydrogen-bond donors (Lipinski definition) is 0. The van der Waals surface area contributed by atoms with E-state index in [4.69, 9.17) is 4.42 Å². The number of aromatic nitrogens is 4. The Morgan fingerprint density at radius 2 is 1.77 bits per heavy atom. The number of aryl methyl sites for hydroxylation is 2. The van der Waals surface area contributed by atoms with E-state index < -0.39 is 0 Å². The van der Waals surface area contributed by atoms with E-state index in [9.17, 15) is 0 Å². The summed E-state index contributed by atoms with van der Waals surface area (Å²) in [4.78, 5) is 9.16. The molecule has 0 aliphatic rings. The molecule has 3 aromatic heterocycles. The van der Waals surface area contributed by atoms with Crippen LogP contribution in [0.1, 0.15) is 5.69 Å². The van der Waals surface area contributed by atoms with E-state index in [1.54, 1.807) is 0 Å². The fourth-order valence-electron chi connectivity index (χ4n) is 2.53. The molecular weight excluding hydrogens is 276 g/mol. The highest BCUT2D eigenvalue weighted by Crippen LogP contribution is 2.25. The highest BCUT2D eigenvalue weighted by molar-refractivity contribution is 5.75. The first kappa shape index (κ1) is 12.8. The maximum absolute atomic E-state index is 5.78. The van der Waals surface area contributed by atoms with Crippen LogP contribution in [0.4, 0.5) is 0 Å². The molecule has 0 bridgehead atoms. The van der Waals surface area contributed by atoms with Crippen molar-refractivity contribution in [2.75, 3.05) is 0 Å². The van der Waals surface area contributed by atoms with E-state index in [0.29, 0.717) is 11.6 Å². The molecule has 0 saturated heterocycles. The molecule has 3 heterocycles. The third-order valence-electron chi connectivity index (χ3n) is 3.53. The van der Waals surface area contributed by atoms with Crippen molar-refractivity contribution < 1.29 is 4.42 Å². The van der Waals surface area contributed by atoms with Crippen LogP contribution in [0.2, 0.25) is 0 Å². The van der Waals surface area contributed by atoms with Crippen LogP contribution in [0.15, 0.2) is 52.9 Å². The van der Waals surface area contributed by atoms with Gasteiger partial charge in [0.2, 0.25) is 5.89 Å². The average Bonchev–Trinajstić information content (AvgIpc) is 3.10. The number of oxazole rings is 1. The Morgan fingerprint density at radius 3 is 2.55 bits per heavy atom. The van der Waals surface area contributed by atoms with E-state index in [1.807, 2.05) is 67.2 Å². The van der Waals surface area contributed by atoms with Crippen LogP contribution in [0, 0.1) is 6.92 Å². The van der Waals surface area contributed by atoms with E-state index in [0.717, 1.165) is 28.2 Å².